The van der Waals surface area contributed by atoms with E-state index >= 15 is 0 Å². The van der Waals surface area contributed by atoms with E-state index in [-0.39, 0.29) is 98.7 Å². The van der Waals surface area contributed by atoms with Crippen LogP contribution < -0.4 is 69.3 Å². The van der Waals surface area contributed by atoms with Gasteiger partial charge in [0, 0.05) is 12.4 Å². The van der Waals surface area contributed by atoms with Crippen LogP contribution in [-0.4, -0.2) is 38.4 Å². The number of hydrogen-bond donors (Lipinski definition) is 0. The molecular weight excluding hydrogens is 594 g/mol. The fraction of sp³-hybridized carbons (Fsp3) is 0.0909. The van der Waals surface area contributed by atoms with Gasteiger partial charge in [-0.3, -0.25) is 9.98 Å². The molecule has 0 bridgehead atoms. The van der Waals surface area contributed by atoms with Gasteiger partial charge in [0.2, 0.25) is 0 Å². The van der Waals surface area contributed by atoms with Gasteiger partial charge in [-0.15, -0.1) is 0 Å². The van der Waals surface area contributed by atoms with Gasteiger partial charge in [-0.1, -0.05) is 23.6 Å². The number of nitrogens with zero attached hydrogens (tertiary/aromatic N) is 2. The van der Waals surface area contributed by atoms with Crippen LogP contribution >= 0.6 is 0 Å². The van der Waals surface area contributed by atoms with Crippen molar-refractivity contribution in [2.24, 2.45) is 9.98 Å². The van der Waals surface area contributed by atoms with Crippen LogP contribution in [0.15, 0.2) is 68.3 Å². The maximum Gasteiger partial charge on any atom is 2.00 e. The summed E-state index contributed by atoms with van der Waals surface area (Å²) in [4.78, 5) is 7.23. The van der Waals surface area contributed by atoms with E-state index in [4.69, 9.17) is 0 Å². The Morgan fingerprint density at radius 2 is 0.973 bits per heavy atom. The summed E-state index contributed by atoms with van der Waals surface area (Å²) in [6.45, 7) is 3.59. The minimum atomic E-state index is -4.77. The molecule has 0 aliphatic heterocycles. The molecule has 0 atom stereocenters. The van der Waals surface area contributed by atoms with Crippen molar-refractivity contribution in [1.82, 2.24) is 0 Å². The third-order valence-electron chi connectivity index (χ3n) is 4.82. The Morgan fingerprint density at radius 1 is 0.649 bits per heavy atom. The van der Waals surface area contributed by atoms with Gasteiger partial charge >= 0.3 is 76.2 Å². The van der Waals surface area contributed by atoms with Gasteiger partial charge < -0.3 is 19.3 Å². The molecule has 187 valence electrons. The van der Waals surface area contributed by atoms with Crippen molar-refractivity contribution in [3.05, 3.63) is 70.8 Å². The summed E-state index contributed by atoms with van der Waals surface area (Å²) in [5.74, 6) is -1.12. The van der Waals surface area contributed by atoms with E-state index in [1.54, 1.807) is 26.0 Å². The first-order chi connectivity index (χ1) is 15.8. The Hall–Kier alpha value is -1.06. The maximum absolute atomic E-state index is 12.1. The van der Waals surface area contributed by atoms with Gasteiger partial charge in [-0.25, -0.2) is 16.8 Å². The van der Waals surface area contributed by atoms with Gasteiger partial charge in [-0.05, 0) is 72.5 Å². The van der Waals surface area contributed by atoms with Crippen molar-refractivity contribution in [2.45, 2.75) is 23.6 Å². The molecule has 0 aliphatic rings. The van der Waals surface area contributed by atoms with Crippen molar-refractivity contribution < 1.29 is 112 Å². The van der Waals surface area contributed by atoms with E-state index in [0.29, 0.717) is 0 Å². The maximum atomic E-state index is 12.1. The number of benzene rings is 3. The van der Waals surface area contributed by atoms with Gasteiger partial charge in [0.05, 0.1) is 21.2 Å². The molecule has 0 N–H and O–H groups in total. The second kappa shape index (κ2) is 14.4. The first-order valence-electron chi connectivity index (χ1n) is 9.49. The van der Waals surface area contributed by atoms with Crippen molar-refractivity contribution in [3.8, 4) is 11.5 Å². The number of aryl methyl sites for hydroxylation is 2. The molecule has 0 fully saturated rings. The predicted octanol–water partition coefficient (Wildman–Crippen LogP) is -4.23. The molecule has 0 saturated carbocycles. The van der Waals surface area contributed by atoms with E-state index in [1.165, 1.54) is 0 Å². The molecule has 1 radical (unpaired) electrons. The van der Waals surface area contributed by atoms with Crippen LogP contribution in [0.4, 0.5) is 11.4 Å². The Labute approximate surface area is 269 Å². The molecule has 15 heteroatoms. The first kappa shape index (κ1) is 35.9. The summed E-state index contributed by atoms with van der Waals surface area (Å²) in [5, 5.41) is 24.1. The topological polar surface area (TPSA) is 185 Å². The quantitative estimate of drug-likeness (QED) is 0.153. The zero-order valence-corrected chi connectivity index (χ0v) is 26.6. The molecule has 0 unspecified atom stereocenters. The SMILES string of the molecule is Cc1cc(N=Cc2cc(S(=O)(=O)[O-])ccc2[O-])c(N=Cc2cc(S(=O)(=O)[O-])ccc2[O-])cc1C.[Cu+2].[Na+].[Na+]. The Kier molecular flexibility index (Phi) is 13.9. The third kappa shape index (κ3) is 9.57. The van der Waals surface area contributed by atoms with Gasteiger partial charge in [0.1, 0.15) is 20.2 Å². The van der Waals surface area contributed by atoms with Gasteiger partial charge in [-0.2, -0.15) is 0 Å². The zero-order valence-electron chi connectivity index (χ0n) is 20.1. The number of rotatable bonds is 6. The van der Waals surface area contributed by atoms with Crippen LogP contribution in [0.25, 0.3) is 0 Å². The van der Waals surface area contributed by atoms with Crippen LogP contribution in [-0.2, 0) is 37.3 Å². The Morgan fingerprint density at radius 3 is 1.27 bits per heavy atom. The van der Waals surface area contributed by atoms with Crippen molar-refractivity contribution in [3.63, 3.8) is 0 Å². The van der Waals surface area contributed by atoms with E-state index in [2.05, 4.69) is 9.98 Å². The monoisotopic (exact) mass is 609 g/mol. The normalized spacial score (nSPS) is 11.6. The average Bonchev–Trinajstić information content (AvgIpc) is 2.73. The summed E-state index contributed by atoms with van der Waals surface area (Å²) in [6.07, 6.45) is 2.17. The van der Waals surface area contributed by atoms with Crippen LogP contribution in [0.3, 0.4) is 0 Å². The predicted molar refractivity (Wildman–Crippen MR) is 118 cm³/mol. The van der Waals surface area contributed by atoms with E-state index in [1.807, 2.05) is 0 Å². The second-order valence-corrected chi connectivity index (χ2v) is 10.0. The van der Waals surface area contributed by atoms with Crippen LogP contribution in [0.1, 0.15) is 22.3 Å². The molecule has 0 aromatic heterocycles. The molecule has 3 aromatic carbocycles. The molecule has 0 aliphatic carbocycles. The minimum Gasteiger partial charge on any atom is -0.872 e. The van der Waals surface area contributed by atoms with Gasteiger partial charge in [0.15, 0.2) is 0 Å². The number of hydrogen-bond acceptors (Lipinski definition) is 10. The minimum absolute atomic E-state index is 0. The molecule has 0 amide bonds. The summed E-state index contributed by atoms with van der Waals surface area (Å²) in [5.41, 5.74) is 1.84. The molecule has 0 saturated heterocycles. The summed E-state index contributed by atoms with van der Waals surface area (Å²) < 4.78 is 67.4. The average molecular weight is 610 g/mol. The molecule has 10 nitrogen and oxygen atoms in total. The zero-order chi connectivity index (χ0) is 25.3. The van der Waals surface area contributed by atoms with E-state index < -0.39 is 41.5 Å². The second-order valence-electron chi connectivity index (χ2n) is 7.25. The molecule has 3 aromatic rings. The molecule has 0 spiro atoms. The summed E-state index contributed by atoms with van der Waals surface area (Å²) >= 11 is 0. The largest absolute Gasteiger partial charge is 2.00 e. The number of aliphatic imine (C=N–C) groups is 2. The van der Waals surface area contributed by atoms with Gasteiger partial charge in [0.25, 0.3) is 0 Å². The fourth-order valence-electron chi connectivity index (χ4n) is 2.84. The van der Waals surface area contributed by atoms with Crippen LogP contribution in [0.2, 0.25) is 0 Å². The first-order valence-corrected chi connectivity index (χ1v) is 12.3. The Bertz CT molecular complexity index is 1440. The van der Waals surface area contributed by atoms with Crippen molar-refractivity contribution >= 4 is 44.0 Å². The van der Waals surface area contributed by atoms with E-state index in [9.17, 15) is 36.2 Å². The molecule has 0 heterocycles. The summed E-state index contributed by atoms with van der Waals surface area (Å²) in [6, 6.07) is 8.79. The smallest absolute Gasteiger partial charge is 0.872 e. The standard InChI is InChI=1S/C22H20N2O8S2.Cu.2Na/c1-13-7-19(23-11-15-9-17(33(27,28)29)3-5-21(15)25)20(8-14(13)2)24-12-16-10-18(34(30,31)32)4-6-22(16)26;;;/h3-12,25-26H,1-2H3,(H,27,28,29)(H,30,31,32);;;/q;+2;2*+1/p-4. The summed E-state index contributed by atoms with van der Waals surface area (Å²) in [7, 11) is -9.54. The van der Waals surface area contributed by atoms with Crippen LogP contribution in [0.5, 0.6) is 11.5 Å². The van der Waals surface area contributed by atoms with Crippen molar-refractivity contribution in [1.29, 1.82) is 0 Å². The molecular formula is C22H16CuN2Na2O8S2. The molecule has 37 heavy (non-hydrogen) atoms. The Balaban J connectivity index is 0.00000432. The van der Waals surface area contributed by atoms with E-state index in [0.717, 1.165) is 60.0 Å². The fourth-order valence-corrected chi connectivity index (χ4v) is 3.85. The van der Waals surface area contributed by atoms with Crippen molar-refractivity contribution in [2.75, 3.05) is 0 Å². The van der Waals surface area contributed by atoms with Crippen LogP contribution in [0, 0.1) is 13.8 Å². The molecule has 3 rings (SSSR count). The third-order valence-corrected chi connectivity index (χ3v) is 6.48.